The van der Waals surface area contributed by atoms with E-state index in [2.05, 4.69) is 5.29 Å². The van der Waals surface area contributed by atoms with E-state index in [0.29, 0.717) is 5.56 Å². The van der Waals surface area contributed by atoms with Gasteiger partial charge < -0.3 is 0 Å². The molecule has 0 bridgehead atoms. The highest BCUT2D eigenvalue weighted by atomic mass is 16.3. The Morgan fingerprint density at radius 3 is 2.69 bits per heavy atom. The number of hydrogen-bond acceptors (Lipinski definition) is 3. The van der Waals surface area contributed by atoms with Crippen molar-refractivity contribution in [2.24, 2.45) is 5.29 Å². The summed E-state index contributed by atoms with van der Waals surface area (Å²) >= 11 is 0. The normalized spacial score (nSPS) is 9.38. The lowest BCUT2D eigenvalue weighted by atomic mass is 10.1. The number of aryl methyl sites for hydroxylation is 1. The van der Waals surface area contributed by atoms with E-state index in [9.17, 15) is 9.70 Å². The highest BCUT2D eigenvalue weighted by Crippen LogP contribution is 2.06. The van der Waals surface area contributed by atoms with Crippen LogP contribution in [0.1, 0.15) is 15.9 Å². The Balaban J connectivity index is 2.95. The van der Waals surface area contributed by atoms with E-state index >= 15 is 0 Å². The molecule has 1 aromatic rings. The van der Waals surface area contributed by atoms with Gasteiger partial charge in [0.1, 0.15) is 0 Å². The average molecular weight is 178 g/mol. The molecule has 0 aromatic heterocycles. The fourth-order valence-electron chi connectivity index (χ4n) is 1.00. The molecule has 0 aliphatic heterocycles. The predicted octanol–water partition coefficient (Wildman–Crippen LogP) is 1.75. The van der Waals surface area contributed by atoms with Gasteiger partial charge in [0.05, 0.1) is 5.29 Å². The minimum Gasteiger partial charge on any atom is -0.267 e. The van der Waals surface area contributed by atoms with Crippen molar-refractivity contribution >= 4 is 5.91 Å². The summed E-state index contributed by atoms with van der Waals surface area (Å²) in [6.45, 7) is 1.88. The van der Waals surface area contributed by atoms with Gasteiger partial charge in [-0.3, -0.25) is 4.79 Å². The molecule has 1 amide bonds. The zero-order valence-corrected chi connectivity index (χ0v) is 7.52. The van der Waals surface area contributed by atoms with E-state index in [4.69, 9.17) is 0 Å². The van der Waals surface area contributed by atoms with Crippen LogP contribution >= 0.6 is 0 Å². The number of rotatable bonds is 2. The predicted molar refractivity (Wildman–Crippen MR) is 49.1 cm³/mol. The Hall–Kier alpha value is -1.71. The van der Waals surface area contributed by atoms with Crippen molar-refractivity contribution in [2.45, 2.75) is 6.92 Å². The van der Waals surface area contributed by atoms with Gasteiger partial charge in [-0.05, 0) is 19.1 Å². The Morgan fingerprint density at radius 2 is 2.15 bits per heavy atom. The molecular formula is C9H10N2O2. The van der Waals surface area contributed by atoms with Crippen LogP contribution in [0, 0.1) is 11.8 Å². The molecule has 1 rings (SSSR count). The third-order valence-corrected chi connectivity index (χ3v) is 1.68. The highest BCUT2D eigenvalue weighted by Gasteiger charge is 2.10. The van der Waals surface area contributed by atoms with Gasteiger partial charge in [0.25, 0.3) is 5.91 Å². The van der Waals surface area contributed by atoms with Crippen LogP contribution in [-0.2, 0) is 0 Å². The molecule has 0 saturated carbocycles. The molecule has 0 saturated heterocycles. The molecule has 0 aliphatic rings. The molecule has 0 aliphatic carbocycles. The first kappa shape index (κ1) is 9.38. The molecule has 0 unspecified atom stereocenters. The van der Waals surface area contributed by atoms with Gasteiger partial charge in [-0.1, -0.05) is 17.7 Å². The minimum absolute atomic E-state index is 0.390. The number of hydrogen-bond donors (Lipinski definition) is 0. The smallest absolute Gasteiger partial charge is 0.267 e. The number of carbonyl (C=O) groups excluding carboxylic acids is 1. The second-order valence-corrected chi connectivity index (χ2v) is 2.78. The fraction of sp³-hybridized carbons (Fsp3) is 0.222. The quantitative estimate of drug-likeness (QED) is 0.511. The first-order chi connectivity index (χ1) is 6.15. The van der Waals surface area contributed by atoms with Crippen molar-refractivity contribution in [3.05, 3.63) is 40.3 Å². The topological polar surface area (TPSA) is 49.7 Å². The number of amides is 1. The van der Waals surface area contributed by atoms with Gasteiger partial charge >= 0.3 is 0 Å². The standard InChI is InChI=1S/C9H10N2O2/c1-7-4-3-5-8(6-7)9(12)11(2)10-13/h3-6H,1-2H3. The Labute approximate surface area is 76.1 Å². The van der Waals surface area contributed by atoms with Crippen molar-refractivity contribution in [3.8, 4) is 0 Å². The SMILES string of the molecule is Cc1cccc(C(=O)N(C)N=O)c1. The lowest BCUT2D eigenvalue weighted by molar-refractivity contribution is 0.0796. The first-order valence-electron chi connectivity index (χ1n) is 3.83. The molecule has 13 heavy (non-hydrogen) atoms. The molecule has 0 fully saturated rings. The summed E-state index contributed by atoms with van der Waals surface area (Å²) in [5.41, 5.74) is 1.45. The van der Waals surface area contributed by atoms with Crippen molar-refractivity contribution in [1.82, 2.24) is 5.01 Å². The summed E-state index contributed by atoms with van der Waals surface area (Å²) in [6, 6.07) is 7.01. The van der Waals surface area contributed by atoms with Crippen LogP contribution in [0.5, 0.6) is 0 Å². The van der Waals surface area contributed by atoms with Crippen LogP contribution in [0.2, 0.25) is 0 Å². The average Bonchev–Trinajstić information content (AvgIpc) is 2.15. The highest BCUT2D eigenvalue weighted by molar-refractivity contribution is 5.93. The molecule has 0 heterocycles. The Kier molecular flexibility index (Phi) is 2.74. The number of nitrogens with zero attached hydrogens (tertiary/aromatic N) is 2. The van der Waals surface area contributed by atoms with Crippen LogP contribution in [0.15, 0.2) is 29.6 Å². The third-order valence-electron chi connectivity index (χ3n) is 1.68. The largest absolute Gasteiger partial charge is 0.276 e. The summed E-state index contributed by atoms with van der Waals surface area (Å²) in [4.78, 5) is 21.4. The number of benzene rings is 1. The maximum atomic E-state index is 11.4. The summed E-state index contributed by atoms with van der Waals surface area (Å²) in [7, 11) is 1.33. The molecule has 4 nitrogen and oxygen atoms in total. The molecule has 0 spiro atoms. The van der Waals surface area contributed by atoms with Gasteiger partial charge in [0.15, 0.2) is 0 Å². The molecule has 68 valence electrons. The van der Waals surface area contributed by atoms with E-state index in [0.717, 1.165) is 10.6 Å². The zero-order chi connectivity index (χ0) is 9.84. The summed E-state index contributed by atoms with van der Waals surface area (Å²) in [5.74, 6) is -0.390. The Morgan fingerprint density at radius 1 is 1.46 bits per heavy atom. The maximum absolute atomic E-state index is 11.4. The molecular weight excluding hydrogens is 168 g/mol. The van der Waals surface area contributed by atoms with Crippen LogP contribution in [-0.4, -0.2) is 18.0 Å². The third kappa shape index (κ3) is 2.11. The molecule has 0 radical (unpaired) electrons. The number of carbonyl (C=O) groups is 1. The van der Waals surface area contributed by atoms with Gasteiger partial charge in [0.2, 0.25) is 0 Å². The molecule has 0 N–H and O–H groups in total. The van der Waals surface area contributed by atoms with Crippen LogP contribution < -0.4 is 0 Å². The van der Waals surface area contributed by atoms with Crippen LogP contribution in [0.25, 0.3) is 0 Å². The van der Waals surface area contributed by atoms with Gasteiger partial charge in [-0.2, -0.15) is 5.01 Å². The number of nitroso groups, excluding NO2 is 1. The van der Waals surface area contributed by atoms with E-state index in [1.165, 1.54) is 7.05 Å². The van der Waals surface area contributed by atoms with E-state index in [1.54, 1.807) is 18.2 Å². The second-order valence-electron chi connectivity index (χ2n) is 2.78. The maximum Gasteiger partial charge on any atom is 0.276 e. The molecule has 0 atom stereocenters. The van der Waals surface area contributed by atoms with Gasteiger partial charge in [0, 0.05) is 12.6 Å². The van der Waals surface area contributed by atoms with Gasteiger partial charge in [-0.25, -0.2) is 0 Å². The van der Waals surface area contributed by atoms with Gasteiger partial charge in [-0.15, -0.1) is 4.91 Å². The summed E-state index contributed by atoms with van der Waals surface area (Å²) in [5, 5.41) is 3.30. The van der Waals surface area contributed by atoms with E-state index in [1.807, 2.05) is 13.0 Å². The summed E-state index contributed by atoms with van der Waals surface area (Å²) in [6.07, 6.45) is 0. The van der Waals surface area contributed by atoms with Crippen molar-refractivity contribution in [3.63, 3.8) is 0 Å². The monoisotopic (exact) mass is 178 g/mol. The van der Waals surface area contributed by atoms with Crippen molar-refractivity contribution < 1.29 is 4.79 Å². The van der Waals surface area contributed by atoms with E-state index < -0.39 is 5.91 Å². The lowest BCUT2D eigenvalue weighted by Crippen LogP contribution is -2.20. The zero-order valence-electron chi connectivity index (χ0n) is 7.52. The van der Waals surface area contributed by atoms with Crippen molar-refractivity contribution in [2.75, 3.05) is 7.05 Å². The van der Waals surface area contributed by atoms with Crippen LogP contribution in [0.3, 0.4) is 0 Å². The summed E-state index contributed by atoms with van der Waals surface area (Å²) < 4.78 is 0. The lowest BCUT2D eigenvalue weighted by Gasteiger charge is -2.06. The van der Waals surface area contributed by atoms with Crippen LogP contribution in [0.4, 0.5) is 0 Å². The molecule has 1 aromatic carbocycles. The minimum atomic E-state index is -0.390. The Bertz CT molecular complexity index is 336. The second kappa shape index (κ2) is 3.80. The van der Waals surface area contributed by atoms with E-state index in [-0.39, 0.29) is 0 Å². The molecule has 4 heteroatoms. The van der Waals surface area contributed by atoms with Crippen molar-refractivity contribution in [1.29, 1.82) is 0 Å². The fourth-order valence-corrected chi connectivity index (χ4v) is 1.00. The first-order valence-corrected chi connectivity index (χ1v) is 3.83.